The Hall–Kier alpha value is -1.93. The lowest BCUT2D eigenvalue weighted by Crippen LogP contribution is -2.28. The molecule has 1 amide bonds. The SMILES string of the molecule is NCCNC(=O)c1ccc(CSC(=O)CC[N+](=O)[O-])cc1. The van der Waals surface area contributed by atoms with E-state index in [-0.39, 0.29) is 24.0 Å². The highest BCUT2D eigenvalue weighted by molar-refractivity contribution is 8.12. The smallest absolute Gasteiger partial charge is 0.251 e. The van der Waals surface area contributed by atoms with Crippen molar-refractivity contribution < 1.29 is 14.5 Å². The van der Waals surface area contributed by atoms with Crippen molar-refractivity contribution in [3.8, 4) is 0 Å². The average molecular weight is 311 g/mol. The maximum absolute atomic E-state index is 11.6. The Bertz CT molecular complexity index is 505. The summed E-state index contributed by atoms with van der Waals surface area (Å²) in [5.41, 5.74) is 6.70. The van der Waals surface area contributed by atoms with Gasteiger partial charge < -0.3 is 11.1 Å². The van der Waals surface area contributed by atoms with E-state index in [9.17, 15) is 19.7 Å². The van der Waals surface area contributed by atoms with E-state index >= 15 is 0 Å². The van der Waals surface area contributed by atoms with E-state index in [0.29, 0.717) is 24.4 Å². The van der Waals surface area contributed by atoms with Gasteiger partial charge in [-0.1, -0.05) is 23.9 Å². The number of nitro groups is 1. The van der Waals surface area contributed by atoms with Gasteiger partial charge in [-0.3, -0.25) is 19.7 Å². The Morgan fingerprint density at radius 3 is 2.52 bits per heavy atom. The lowest BCUT2D eigenvalue weighted by atomic mass is 10.1. The van der Waals surface area contributed by atoms with Crippen LogP contribution in [0.3, 0.4) is 0 Å². The number of nitrogens with one attached hydrogen (secondary N) is 1. The second-order valence-corrected chi connectivity index (χ2v) is 5.24. The first-order valence-corrected chi connectivity index (χ1v) is 7.36. The predicted molar refractivity (Wildman–Crippen MR) is 80.6 cm³/mol. The molecule has 1 aromatic rings. The number of nitrogens with two attached hydrogens (primary N) is 1. The molecule has 21 heavy (non-hydrogen) atoms. The van der Waals surface area contributed by atoms with E-state index in [1.54, 1.807) is 24.3 Å². The lowest BCUT2D eigenvalue weighted by Gasteiger charge is -2.05. The monoisotopic (exact) mass is 311 g/mol. The molecule has 0 bridgehead atoms. The van der Waals surface area contributed by atoms with Crippen molar-refractivity contribution in [1.29, 1.82) is 0 Å². The molecule has 0 saturated heterocycles. The third kappa shape index (κ3) is 6.87. The van der Waals surface area contributed by atoms with Crippen LogP contribution in [0, 0.1) is 10.1 Å². The van der Waals surface area contributed by atoms with Gasteiger partial charge in [-0.15, -0.1) is 0 Å². The van der Waals surface area contributed by atoms with Gasteiger partial charge in [0.15, 0.2) is 5.12 Å². The second-order valence-electron chi connectivity index (χ2n) is 4.21. The molecule has 0 heterocycles. The van der Waals surface area contributed by atoms with Crippen LogP contribution in [0.2, 0.25) is 0 Å². The van der Waals surface area contributed by atoms with Crippen LogP contribution >= 0.6 is 11.8 Å². The largest absolute Gasteiger partial charge is 0.351 e. The Morgan fingerprint density at radius 1 is 1.29 bits per heavy atom. The Kier molecular flexibility index (Phi) is 7.41. The van der Waals surface area contributed by atoms with E-state index in [1.807, 2.05) is 0 Å². The van der Waals surface area contributed by atoms with Crippen LogP contribution < -0.4 is 11.1 Å². The second kappa shape index (κ2) is 9.09. The molecule has 7 nitrogen and oxygen atoms in total. The van der Waals surface area contributed by atoms with Gasteiger partial charge in [0.2, 0.25) is 6.54 Å². The Labute approximate surface area is 126 Å². The Balaban J connectivity index is 2.42. The van der Waals surface area contributed by atoms with Crippen molar-refractivity contribution in [1.82, 2.24) is 5.32 Å². The third-order valence-electron chi connectivity index (χ3n) is 2.54. The highest BCUT2D eigenvalue weighted by Gasteiger charge is 2.08. The number of rotatable bonds is 8. The van der Waals surface area contributed by atoms with Gasteiger partial charge in [0.05, 0.1) is 6.42 Å². The summed E-state index contributed by atoms with van der Waals surface area (Å²) < 4.78 is 0. The summed E-state index contributed by atoms with van der Waals surface area (Å²) in [5, 5.41) is 12.6. The van der Waals surface area contributed by atoms with Gasteiger partial charge in [-0.2, -0.15) is 0 Å². The zero-order chi connectivity index (χ0) is 15.7. The molecule has 0 aliphatic heterocycles. The molecule has 0 radical (unpaired) electrons. The fourth-order valence-electron chi connectivity index (χ4n) is 1.46. The number of carbonyl (C=O) groups excluding carboxylic acids is 2. The minimum atomic E-state index is -0.507. The molecule has 3 N–H and O–H groups in total. The summed E-state index contributed by atoms with van der Waals surface area (Å²) in [6.07, 6.45) is -0.0722. The van der Waals surface area contributed by atoms with Crippen molar-refractivity contribution >= 4 is 22.8 Å². The first-order chi connectivity index (χ1) is 10.0. The predicted octanol–water partition coefficient (Wildman–Crippen LogP) is 0.802. The number of benzene rings is 1. The zero-order valence-corrected chi connectivity index (χ0v) is 12.2. The highest BCUT2D eigenvalue weighted by Crippen LogP contribution is 2.15. The quantitative estimate of drug-likeness (QED) is 0.542. The van der Waals surface area contributed by atoms with Gasteiger partial charge in [0.1, 0.15) is 0 Å². The molecule has 0 atom stereocenters. The number of hydrogen-bond acceptors (Lipinski definition) is 6. The maximum atomic E-state index is 11.6. The van der Waals surface area contributed by atoms with E-state index < -0.39 is 4.92 Å². The molecule has 0 aromatic heterocycles. The van der Waals surface area contributed by atoms with Crippen molar-refractivity contribution in [3.05, 3.63) is 45.5 Å². The fraction of sp³-hybridized carbons (Fsp3) is 0.385. The third-order valence-corrected chi connectivity index (χ3v) is 3.55. The number of nitrogens with zero attached hydrogens (tertiary/aromatic N) is 1. The summed E-state index contributed by atoms with van der Waals surface area (Å²) in [5.74, 6) is 0.239. The van der Waals surface area contributed by atoms with E-state index in [0.717, 1.165) is 17.3 Å². The highest BCUT2D eigenvalue weighted by atomic mass is 32.2. The van der Waals surface area contributed by atoms with E-state index in [1.165, 1.54) is 0 Å². The molecule has 0 saturated carbocycles. The molecule has 0 fully saturated rings. The molecule has 1 aromatic carbocycles. The standard InChI is InChI=1S/C13H17N3O4S/c14-6-7-15-13(18)11-3-1-10(2-4-11)9-21-12(17)5-8-16(19)20/h1-4H,5-9,14H2,(H,15,18). The van der Waals surface area contributed by atoms with Crippen molar-refractivity contribution in [2.75, 3.05) is 19.6 Å². The van der Waals surface area contributed by atoms with Crippen molar-refractivity contribution in [2.45, 2.75) is 12.2 Å². The minimum absolute atomic E-state index is 0.0722. The number of hydrogen-bond donors (Lipinski definition) is 2. The summed E-state index contributed by atoms with van der Waals surface area (Å²) in [6.45, 7) is 0.459. The molecule has 0 aliphatic carbocycles. The lowest BCUT2D eigenvalue weighted by molar-refractivity contribution is -0.478. The minimum Gasteiger partial charge on any atom is -0.351 e. The Morgan fingerprint density at radius 2 is 1.95 bits per heavy atom. The maximum Gasteiger partial charge on any atom is 0.251 e. The molecule has 0 unspecified atom stereocenters. The summed E-state index contributed by atoms with van der Waals surface area (Å²) >= 11 is 1.04. The summed E-state index contributed by atoms with van der Waals surface area (Å²) in [4.78, 5) is 32.7. The molecule has 1 rings (SSSR count). The van der Waals surface area contributed by atoms with Crippen molar-refractivity contribution in [3.63, 3.8) is 0 Å². The molecule has 0 spiro atoms. The number of carbonyl (C=O) groups is 2. The molecule has 0 aliphatic rings. The van der Waals surface area contributed by atoms with Gasteiger partial charge in [0, 0.05) is 29.3 Å². The van der Waals surface area contributed by atoms with Crippen LogP contribution in [0.5, 0.6) is 0 Å². The zero-order valence-electron chi connectivity index (χ0n) is 11.4. The molecule has 8 heteroatoms. The number of thioether (sulfide) groups is 1. The average Bonchev–Trinajstić information content (AvgIpc) is 2.49. The first kappa shape index (κ1) is 17.1. The normalized spacial score (nSPS) is 10.1. The van der Waals surface area contributed by atoms with Crippen LogP contribution in [0.25, 0.3) is 0 Å². The van der Waals surface area contributed by atoms with E-state index in [2.05, 4.69) is 5.32 Å². The van der Waals surface area contributed by atoms with Gasteiger partial charge in [0.25, 0.3) is 5.91 Å². The molecular weight excluding hydrogens is 294 g/mol. The van der Waals surface area contributed by atoms with Gasteiger partial charge in [-0.05, 0) is 17.7 Å². The van der Waals surface area contributed by atoms with Crippen LogP contribution in [-0.4, -0.2) is 35.6 Å². The van der Waals surface area contributed by atoms with Crippen LogP contribution in [0.15, 0.2) is 24.3 Å². The van der Waals surface area contributed by atoms with Crippen molar-refractivity contribution in [2.24, 2.45) is 5.73 Å². The topological polar surface area (TPSA) is 115 Å². The van der Waals surface area contributed by atoms with Crippen LogP contribution in [0.4, 0.5) is 0 Å². The number of amides is 1. The van der Waals surface area contributed by atoms with Gasteiger partial charge >= 0.3 is 0 Å². The molecular formula is C13H17N3O4S. The van der Waals surface area contributed by atoms with E-state index in [4.69, 9.17) is 5.73 Å². The van der Waals surface area contributed by atoms with Gasteiger partial charge in [-0.25, -0.2) is 0 Å². The first-order valence-electron chi connectivity index (χ1n) is 6.37. The van der Waals surface area contributed by atoms with Crippen LogP contribution in [0.1, 0.15) is 22.3 Å². The summed E-state index contributed by atoms with van der Waals surface area (Å²) in [7, 11) is 0. The van der Waals surface area contributed by atoms with Crippen LogP contribution in [-0.2, 0) is 10.5 Å². The fourth-order valence-corrected chi connectivity index (χ4v) is 2.21. The molecule has 114 valence electrons. The summed E-state index contributed by atoms with van der Waals surface area (Å²) in [6, 6.07) is 6.85.